The van der Waals surface area contributed by atoms with Gasteiger partial charge in [-0.05, 0) is 6.42 Å². The number of unbranched alkanes of at least 4 members (excludes halogenated alkanes) is 3. The third-order valence-corrected chi connectivity index (χ3v) is 3.46. The molecule has 2 N–H and O–H groups in total. The summed E-state index contributed by atoms with van der Waals surface area (Å²) < 4.78 is 10.7. The number of hydrogen-bond acceptors (Lipinski definition) is 1. The molecule has 5 heteroatoms. The first-order valence-electron chi connectivity index (χ1n) is 4.53. The van der Waals surface area contributed by atoms with E-state index in [2.05, 4.69) is 6.92 Å². The van der Waals surface area contributed by atoms with Crippen LogP contribution in [0.4, 0.5) is 0 Å². The van der Waals surface area contributed by atoms with E-state index in [0.29, 0.717) is 6.42 Å². The summed E-state index contributed by atoms with van der Waals surface area (Å²) in [4.78, 5) is 17.5. The van der Waals surface area contributed by atoms with Crippen molar-refractivity contribution in [1.29, 1.82) is 0 Å². The molecule has 84 valence electrons. The van der Waals surface area contributed by atoms with Gasteiger partial charge >= 0.3 is 7.60 Å². The summed E-state index contributed by atoms with van der Waals surface area (Å²) >= 11 is 0. The van der Waals surface area contributed by atoms with Gasteiger partial charge in [0.15, 0.2) is 0 Å². The van der Waals surface area contributed by atoms with Crippen molar-refractivity contribution in [1.82, 2.24) is 0 Å². The number of hydrogen-bond donors (Lipinski definition) is 2. The fourth-order valence-corrected chi connectivity index (χ4v) is 1.55. The Hall–Kier alpha value is 0.644. The summed E-state index contributed by atoms with van der Waals surface area (Å²) in [5, 5.41) is 0. The van der Waals surface area contributed by atoms with E-state index in [9.17, 15) is 4.57 Å². The first-order chi connectivity index (χ1) is 5.48. The van der Waals surface area contributed by atoms with Gasteiger partial charge in [0.1, 0.15) is 0 Å². The topological polar surface area (TPSA) is 57.5 Å². The van der Waals surface area contributed by atoms with Crippen LogP contribution < -0.4 is 0 Å². The van der Waals surface area contributed by atoms with E-state index in [1.807, 2.05) is 0 Å². The van der Waals surface area contributed by atoms with E-state index >= 15 is 0 Å². The molecule has 0 bridgehead atoms. The van der Waals surface area contributed by atoms with Crippen LogP contribution >= 0.6 is 7.60 Å². The molecule has 0 rings (SSSR count). The molecule has 0 amide bonds. The summed E-state index contributed by atoms with van der Waals surface area (Å²) in [6.07, 6.45) is 4.98. The van der Waals surface area contributed by atoms with Gasteiger partial charge in [-0.15, -0.1) is 0 Å². The van der Waals surface area contributed by atoms with Gasteiger partial charge in [-0.1, -0.05) is 39.5 Å². The molecule has 3 nitrogen and oxygen atoms in total. The molecule has 0 aromatic heterocycles. The van der Waals surface area contributed by atoms with Crippen LogP contribution in [0.15, 0.2) is 0 Å². The molecule has 0 aromatic carbocycles. The van der Waals surface area contributed by atoms with E-state index in [1.165, 1.54) is 0 Å². The Morgan fingerprint density at radius 3 is 2.15 bits per heavy atom. The SMILES string of the molecule is CCCCCCC(C)P(=O)(O)O.[Ni]. The molecule has 0 radical (unpaired) electrons. The van der Waals surface area contributed by atoms with Crippen molar-refractivity contribution < 1.29 is 30.8 Å². The van der Waals surface area contributed by atoms with Gasteiger partial charge in [-0.3, -0.25) is 4.57 Å². The predicted molar refractivity (Wildman–Crippen MR) is 50.3 cm³/mol. The standard InChI is InChI=1S/C8H19O3P.Ni/c1-3-4-5-6-7-8(2)12(9,10)11;/h8H,3-7H2,1-2H3,(H2,9,10,11);. The van der Waals surface area contributed by atoms with Crippen LogP contribution in [0.5, 0.6) is 0 Å². The smallest absolute Gasteiger partial charge is 0.324 e. The molecule has 0 saturated carbocycles. The van der Waals surface area contributed by atoms with Crippen LogP contribution in [0, 0.1) is 0 Å². The second-order valence-corrected chi connectivity index (χ2v) is 5.35. The zero-order valence-corrected chi connectivity index (χ0v) is 10.1. The van der Waals surface area contributed by atoms with Gasteiger partial charge in [0.2, 0.25) is 0 Å². The molecule has 0 aliphatic rings. The molecule has 0 spiro atoms. The van der Waals surface area contributed by atoms with Crippen LogP contribution in [-0.2, 0) is 21.1 Å². The molecule has 0 aliphatic heterocycles. The van der Waals surface area contributed by atoms with Crippen molar-refractivity contribution in [3.05, 3.63) is 0 Å². The molecule has 13 heavy (non-hydrogen) atoms. The maximum Gasteiger partial charge on any atom is 0.328 e. The summed E-state index contributed by atoms with van der Waals surface area (Å²) in [5.41, 5.74) is -0.464. The third-order valence-electron chi connectivity index (χ3n) is 2.05. The zero-order chi connectivity index (χ0) is 9.61. The van der Waals surface area contributed by atoms with Gasteiger partial charge in [0.25, 0.3) is 0 Å². The monoisotopic (exact) mass is 252 g/mol. The van der Waals surface area contributed by atoms with Gasteiger partial charge in [0, 0.05) is 16.5 Å². The minimum absolute atomic E-state index is 0. The van der Waals surface area contributed by atoms with Crippen molar-refractivity contribution in [2.75, 3.05) is 0 Å². The van der Waals surface area contributed by atoms with Crippen molar-refractivity contribution in [3.63, 3.8) is 0 Å². The predicted octanol–water partition coefficient (Wildman–Crippen LogP) is 2.52. The minimum Gasteiger partial charge on any atom is -0.324 e. The van der Waals surface area contributed by atoms with Crippen molar-refractivity contribution in [2.45, 2.75) is 51.6 Å². The quantitative estimate of drug-likeness (QED) is 0.434. The van der Waals surface area contributed by atoms with E-state index < -0.39 is 13.3 Å². The first-order valence-corrected chi connectivity index (χ1v) is 6.22. The zero-order valence-electron chi connectivity index (χ0n) is 8.18. The Bertz CT molecular complexity index is 157. The molecule has 1 unspecified atom stereocenters. The first kappa shape index (κ1) is 16.1. The van der Waals surface area contributed by atoms with Gasteiger partial charge in [-0.2, -0.15) is 0 Å². The fourth-order valence-electron chi connectivity index (χ4n) is 1.03. The second-order valence-electron chi connectivity index (χ2n) is 3.29. The van der Waals surface area contributed by atoms with E-state index in [0.717, 1.165) is 25.7 Å². The van der Waals surface area contributed by atoms with Gasteiger partial charge < -0.3 is 9.79 Å². The van der Waals surface area contributed by atoms with Crippen LogP contribution in [0.3, 0.4) is 0 Å². The third kappa shape index (κ3) is 8.96. The molecule has 1 atom stereocenters. The van der Waals surface area contributed by atoms with Crippen LogP contribution in [0.2, 0.25) is 0 Å². The van der Waals surface area contributed by atoms with E-state index in [4.69, 9.17) is 9.79 Å². The summed E-state index contributed by atoms with van der Waals surface area (Å²) in [6.45, 7) is 3.74. The molecule has 0 fully saturated rings. The Labute approximate surface area is 90.4 Å². The summed E-state index contributed by atoms with van der Waals surface area (Å²) in [6, 6.07) is 0. The van der Waals surface area contributed by atoms with Crippen LogP contribution in [-0.4, -0.2) is 15.4 Å². The fraction of sp³-hybridized carbons (Fsp3) is 1.00. The molecular formula is C8H19NiO3P. The van der Waals surface area contributed by atoms with Crippen LogP contribution in [0.25, 0.3) is 0 Å². The average molecular weight is 253 g/mol. The van der Waals surface area contributed by atoms with Crippen molar-refractivity contribution in [3.8, 4) is 0 Å². The Balaban J connectivity index is 0. The summed E-state index contributed by atoms with van der Waals surface area (Å²) in [7, 11) is -3.81. The second kappa shape index (κ2) is 7.99. The largest absolute Gasteiger partial charge is 0.328 e. The minimum atomic E-state index is -3.81. The van der Waals surface area contributed by atoms with Crippen LogP contribution in [0.1, 0.15) is 46.0 Å². The molecular weight excluding hydrogens is 234 g/mol. The van der Waals surface area contributed by atoms with Crippen molar-refractivity contribution >= 4 is 7.60 Å². The molecule has 0 saturated heterocycles. The summed E-state index contributed by atoms with van der Waals surface area (Å²) in [5.74, 6) is 0. The Kier molecular flexibility index (Phi) is 9.89. The maximum absolute atomic E-state index is 10.7. The van der Waals surface area contributed by atoms with Gasteiger partial charge in [-0.25, -0.2) is 0 Å². The number of rotatable bonds is 6. The van der Waals surface area contributed by atoms with Crippen molar-refractivity contribution in [2.24, 2.45) is 0 Å². The van der Waals surface area contributed by atoms with Gasteiger partial charge in [0.05, 0.1) is 5.66 Å². The average Bonchev–Trinajstić information content (AvgIpc) is 1.96. The molecule has 0 aliphatic carbocycles. The molecule has 0 heterocycles. The molecule has 0 aromatic rings. The Morgan fingerprint density at radius 1 is 1.23 bits per heavy atom. The maximum atomic E-state index is 10.7. The van der Waals surface area contributed by atoms with E-state index in [1.54, 1.807) is 6.92 Å². The normalized spacial score (nSPS) is 13.5. The Morgan fingerprint density at radius 2 is 1.77 bits per heavy atom. The van der Waals surface area contributed by atoms with E-state index in [-0.39, 0.29) is 16.5 Å².